The van der Waals surface area contributed by atoms with E-state index in [9.17, 15) is 33.8 Å². The van der Waals surface area contributed by atoms with Crippen LogP contribution in [0.1, 0.15) is 11.7 Å². The van der Waals surface area contributed by atoms with E-state index in [0.29, 0.717) is 31.7 Å². The maximum absolute atomic E-state index is 12.9. The molecule has 3 rings (SSSR count). The zero-order chi connectivity index (χ0) is 23.5. The van der Waals surface area contributed by atoms with Crippen LogP contribution in [0.3, 0.4) is 0 Å². The van der Waals surface area contributed by atoms with Crippen LogP contribution in [0.2, 0.25) is 0 Å². The molecule has 2 aromatic rings. The van der Waals surface area contributed by atoms with Gasteiger partial charge in [0.15, 0.2) is 0 Å². The Bertz CT molecular complexity index is 1100. The Morgan fingerprint density at radius 2 is 1.66 bits per heavy atom. The molecule has 0 amide bonds. The fourth-order valence-electron chi connectivity index (χ4n) is 3.29. The molecule has 0 bridgehead atoms. The molecule has 1 heterocycles. The average molecular weight is 465 g/mol. The van der Waals surface area contributed by atoms with Gasteiger partial charge in [-0.1, -0.05) is 0 Å². The van der Waals surface area contributed by atoms with Gasteiger partial charge in [-0.15, -0.1) is 0 Å². The number of anilines is 1. The second-order valence-electron chi connectivity index (χ2n) is 7.39. The van der Waals surface area contributed by atoms with Crippen LogP contribution in [0, 0.1) is 20.2 Å². The SMILES string of the molecule is CN1CCN(S(=O)(=O)c2ccc(NCC(O)c3ccc([N+](=O)[O-])cc3)c([N+](=O)[O-])c2)CC1. The van der Waals surface area contributed by atoms with Crippen molar-refractivity contribution in [2.24, 2.45) is 0 Å². The van der Waals surface area contributed by atoms with Gasteiger partial charge < -0.3 is 15.3 Å². The second-order valence-corrected chi connectivity index (χ2v) is 9.33. The van der Waals surface area contributed by atoms with E-state index >= 15 is 0 Å². The zero-order valence-corrected chi connectivity index (χ0v) is 18.1. The fraction of sp³-hybridized carbons (Fsp3) is 0.368. The Hall–Kier alpha value is -3.13. The molecule has 12 nitrogen and oxygen atoms in total. The lowest BCUT2D eigenvalue weighted by molar-refractivity contribution is -0.384. The number of aliphatic hydroxyl groups excluding tert-OH is 1. The number of hydrogen-bond donors (Lipinski definition) is 2. The highest BCUT2D eigenvalue weighted by atomic mass is 32.2. The largest absolute Gasteiger partial charge is 0.387 e. The minimum absolute atomic E-state index is 0.0493. The molecular formula is C19H23N5O7S. The van der Waals surface area contributed by atoms with Crippen molar-refractivity contribution in [3.8, 4) is 0 Å². The third-order valence-corrected chi connectivity index (χ3v) is 7.14. The van der Waals surface area contributed by atoms with Crippen LogP contribution < -0.4 is 5.32 Å². The molecule has 0 aromatic heterocycles. The van der Waals surface area contributed by atoms with Gasteiger partial charge in [0.1, 0.15) is 5.69 Å². The van der Waals surface area contributed by atoms with Crippen LogP contribution in [-0.4, -0.2) is 72.3 Å². The number of rotatable bonds is 8. The molecule has 1 aliphatic heterocycles. The third kappa shape index (κ3) is 5.19. The number of nitrogens with one attached hydrogen (secondary N) is 1. The van der Waals surface area contributed by atoms with Crippen LogP contribution in [0.25, 0.3) is 0 Å². The van der Waals surface area contributed by atoms with Gasteiger partial charge in [0.2, 0.25) is 10.0 Å². The van der Waals surface area contributed by atoms with E-state index in [1.807, 2.05) is 11.9 Å². The van der Waals surface area contributed by atoms with E-state index in [4.69, 9.17) is 0 Å². The number of hydrogen-bond acceptors (Lipinski definition) is 9. The van der Waals surface area contributed by atoms with E-state index in [1.165, 1.54) is 40.7 Å². The van der Waals surface area contributed by atoms with Crippen LogP contribution in [-0.2, 0) is 10.0 Å². The van der Waals surface area contributed by atoms with Crippen LogP contribution in [0.5, 0.6) is 0 Å². The van der Waals surface area contributed by atoms with Gasteiger partial charge in [-0.25, -0.2) is 8.42 Å². The molecule has 13 heteroatoms. The zero-order valence-electron chi connectivity index (χ0n) is 17.2. The topological polar surface area (TPSA) is 159 Å². The molecule has 0 radical (unpaired) electrons. The van der Waals surface area contributed by atoms with Crippen molar-refractivity contribution in [2.45, 2.75) is 11.0 Å². The molecule has 172 valence electrons. The highest BCUT2D eigenvalue weighted by Gasteiger charge is 2.29. The minimum atomic E-state index is -3.87. The summed E-state index contributed by atoms with van der Waals surface area (Å²) in [5, 5.41) is 35.3. The standard InChI is InChI=1S/C19H23N5O7S/c1-21-8-10-22(11-9-21)32(30,31)16-6-7-17(18(12-16)24(28)29)20-13-19(25)14-2-4-15(5-3-14)23(26)27/h2-7,12,19-20,25H,8-11,13H2,1H3. The number of sulfonamides is 1. The van der Waals surface area contributed by atoms with Crippen molar-refractivity contribution >= 4 is 27.1 Å². The minimum Gasteiger partial charge on any atom is -0.387 e. The fourth-order valence-corrected chi connectivity index (χ4v) is 4.74. The normalized spacial score (nSPS) is 16.4. The van der Waals surface area contributed by atoms with Gasteiger partial charge in [-0.2, -0.15) is 4.31 Å². The quantitative estimate of drug-likeness (QED) is 0.436. The van der Waals surface area contributed by atoms with E-state index in [-0.39, 0.29) is 22.8 Å². The summed E-state index contributed by atoms with van der Waals surface area (Å²) in [4.78, 5) is 22.9. The van der Waals surface area contributed by atoms with E-state index in [0.717, 1.165) is 6.07 Å². The van der Waals surface area contributed by atoms with E-state index in [1.54, 1.807) is 0 Å². The molecule has 32 heavy (non-hydrogen) atoms. The number of non-ortho nitro benzene ring substituents is 1. The first-order valence-corrected chi connectivity index (χ1v) is 11.2. The van der Waals surface area contributed by atoms with Crippen molar-refractivity contribution in [1.29, 1.82) is 0 Å². The molecule has 2 N–H and O–H groups in total. The second kappa shape index (κ2) is 9.56. The molecule has 1 saturated heterocycles. The lowest BCUT2D eigenvalue weighted by Gasteiger charge is -2.31. The van der Waals surface area contributed by atoms with Crippen LogP contribution in [0.15, 0.2) is 47.4 Å². The first-order valence-electron chi connectivity index (χ1n) is 9.73. The predicted molar refractivity (Wildman–Crippen MR) is 116 cm³/mol. The number of piperazine rings is 1. The first kappa shape index (κ1) is 23.5. The average Bonchev–Trinajstić information content (AvgIpc) is 2.77. The number of nitro groups is 2. The Morgan fingerprint density at radius 3 is 2.22 bits per heavy atom. The lowest BCUT2D eigenvalue weighted by Crippen LogP contribution is -2.47. The summed E-state index contributed by atoms with van der Waals surface area (Å²) < 4.78 is 27.1. The summed E-state index contributed by atoms with van der Waals surface area (Å²) in [6, 6.07) is 8.88. The summed E-state index contributed by atoms with van der Waals surface area (Å²) in [6.07, 6.45) is -1.09. The highest BCUT2D eigenvalue weighted by Crippen LogP contribution is 2.30. The summed E-state index contributed by atoms with van der Waals surface area (Å²) in [5.41, 5.74) is -0.119. The molecule has 0 saturated carbocycles. The molecular weight excluding hydrogens is 442 g/mol. The Kier molecular flexibility index (Phi) is 7.03. The Labute approximate surface area is 184 Å². The summed E-state index contributed by atoms with van der Waals surface area (Å²) >= 11 is 0. The molecule has 1 atom stereocenters. The Balaban J connectivity index is 1.76. The number of benzene rings is 2. The van der Waals surface area contributed by atoms with Gasteiger partial charge in [0.25, 0.3) is 11.4 Å². The van der Waals surface area contributed by atoms with Gasteiger partial charge in [-0.3, -0.25) is 20.2 Å². The summed E-state index contributed by atoms with van der Waals surface area (Å²) in [6.45, 7) is 1.62. The monoisotopic (exact) mass is 465 g/mol. The van der Waals surface area contributed by atoms with E-state index < -0.39 is 31.7 Å². The van der Waals surface area contributed by atoms with Gasteiger partial charge in [0.05, 0.1) is 20.8 Å². The number of nitro benzene ring substituents is 2. The number of likely N-dealkylation sites (N-methyl/N-ethyl adjacent to an activating group) is 1. The van der Waals surface area contributed by atoms with Gasteiger partial charge in [0, 0.05) is 50.9 Å². The van der Waals surface area contributed by atoms with Gasteiger partial charge >= 0.3 is 0 Å². The summed E-state index contributed by atoms with van der Waals surface area (Å²) in [7, 11) is -1.98. The maximum Gasteiger partial charge on any atom is 0.293 e. The molecule has 1 unspecified atom stereocenters. The predicted octanol–water partition coefficient (Wildman–Crippen LogP) is 1.58. The summed E-state index contributed by atoms with van der Waals surface area (Å²) in [5.74, 6) is 0. The van der Waals surface area contributed by atoms with Crippen LogP contribution >= 0.6 is 0 Å². The molecule has 0 spiro atoms. The van der Waals surface area contributed by atoms with Crippen LogP contribution in [0.4, 0.5) is 17.1 Å². The maximum atomic E-state index is 12.9. The van der Waals surface area contributed by atoms with Crippen molar-refractivity contribution in [2.75, 3.05) is 45.1 Å². The highest BCUT2D eigenvalue weighted by molar-refractivity contribution is 7.89. The van der Waals surface area contributed by atoms with Crippen molar-refractivity contribution in [3.05, 3.63) is 68.3 Å². The lowest BCUT2D eigenvalue weighted by atomic mass is 10.1. The molecule has 0 aliphatic carbocycles. The van der Waals surface area contributed by atoms with E-state index in [2.05, 4.69) is 5.32 Å². The molecule has 1 fully saturated rings. The number of aliphatic hydroxyl groups is 1. The Morgan fingerprint density at radius 1 is 1.03 bits per heavy atom. The van der Waals surface area contributed by atoms with Gasteiger partial charge in [-0.05, 0) is 36.9 Å². The number of nitrogens with zero attached hydrogens (tertiary/aromatic N) is 4. The third-order valence-electron chi connectivity index (χ3n) is 5.24. The molecule has 1 aliphatic rings. The smallest absolute Gasteiger partial charge is 0.293 e. The van der Waals surface area contributed by atoms with Crippen molar-refractivity contribution in [3.63, 3.8) is 0 Å². The van der Waals surface area contributed by atoms with Crippen molar-refractivity contribution < 1.29 is 23.4 Å². The van der Waals surface area contributed by atoms with Crippen molar-refractivity contribution in [1.82, 2.24) is 9.21 Å². The molecule has 2 aromatic carbocycles. The first-order chi connectivity index (χ1) is 15.1.